The second-order valence-electron chi connectivity index (χ2n) is 4.00. The Morgan fingerprint density at radius 1 is 1.28 bits per heavy atom. The van der Waals surface area contributed by atoms with Gasteiger partial charge in [0.2, 0.25) is 0 Å². The molecular weight excluding hydrogens is 233 g/mol. The highest BCUT2D eigenvalue weighted by Crippen LogP contribution is 2.19. The fourth-order valence-corrected chi connectivity index (χ4v) is 1.74. The Kier molecular flexibility index (Phi) is 3.41. The third-order valence-corrected chi connectivity index (χ3v) is 2.50. The summed E-state index contributed by atoms with van der Waals surface area (Å²) in [6.45, 7) is 1.84. The van der Waals surface area contributed by atoms with Gasteiger partial charge in [-0.25, -0.2) is 14.4 Å². The molecule has 1 aromatic heterocycles. The molecular formula is C13H14FN3O. The summed E-state index contributed by atoms with van der Waals surface area (Å²) in [4.78, 5) is 8.37. The lowest BCUT2D eigenvalue weighted by molar-refractivity contribution is 0.386. The van der Waals surface area contributed by atoms with Crippen LogP contribution in [0.4, 0.5) is 10.2 Å². The van der Waals surface area contributed by atoms with Crippen LogP contribution in [0.15, 0.2) is 24.3 Å². The summed E-state index contributed by atoms with van der Waals surface area (Å²) in [6.07, 6.45) is 0.437. The SMILES string of the molecule is COc1ccc(Cc2nc(C)cc(N)n2)cc1F. The molecule has 1 heterocycles. The number of hydrogen-bond donors (Lipinski definition) is 1. The van der Waals surface area contributed by atoms with Crippen molar-refractivity contribution in [3.63, 3.8) is 0 Å². The van der Waals surface area contributed by atoms with E-state index >= 15 is 0 Å². The van der Waals surface area contributed by atoms with Crippen LogP contribution in [-0.2, 0) is 6.42 Å². The predicted octanol–water partition coefficient (Wildman–Crippen LogP) is 2.11. The number of aromatic nitrogens is 2. The van der Waals surface area contributed by atoms with Gasteiger partial charge in [-0.15, -0.1) is 0 Å². The van der Waals surface area contributed by atoms with Crippen LogP contribution in [0.1, 0.15) is 17.1 Å². The first kappa shape index (κ1) is 12.3. The number of methoxy groups -OCH3 is 1. The van der Waals surface area contributed by atoms with Crippen molar-refractivity contribution >= 4 is 5.82 Å². The van der Waals surface area contributed by atoms with Crippen molar-refractivity contribution in [3.05, 3.63) is 47.2 Å². The van der Waals surface area contributed by atoms with Gasteiger partial charge in [0.15, 0.2) is 11.6 Å². The van der Waals surface area contributed by atoms with E-state index in [4.69, 9.17) is 10.5 Å². The summed E-state index contributed by atoms with van der Waals surface area (Å²) in [5.74, 6) is 0.836. The van der Waals surface area contributed by atoms with Crippen LogP contribution >= 0.6 is 0 Å². The summed E-state index contributed by atoms with van der Waals surface area (Å²) in [5, 5.41) is 0. The Morgan fingerprint density at radius 2 is 2.06 bits per heavy atom. The first-order valence-electron chi connectivity index (χ1n) is 5.51. The lowest BCUT2D eigenvalue weighted by Crippen LogP contribution is -2.02. The van der Waals surface area contributed by atoms with E-state index in [0.717, 1.165) is 11.3 Å². The molecule has 0 saturated heterocycles. The molecule has 0 aliphatic carbocycles. The lowest BCUT2D eigenvalue weighted by atomic mass is 10.1. The molecule has 2 aromatic rings. The summed E-state index contributed by atoms with van der Waals surface area (Å²) in [6, 6.07) is 6.48. The third kappa shape index (κ3) is 2.74. The molecule has 0 spiro atoms. The molecule has 0 radical (unpaired) electrons. The average Bonchev–Trinajstić information content (AvgIpc) is 2.27. The first-order valence-corrected chi connectivity index (χ1v) is 5.51. The van der Waals surface area contributed by atoms with E-state index in [1.165, 1.54) is 13.2 Å². The van der Waals surface area contributed by atoms with E-state index in [1.807, 2.05) is 6.92 Å². The maximum Gasteiger partial charge on any atom is 0.165 e. The molecule has 0 aliphatic rings. The normalized spacial score (nSPS) is 10.4. The van der Waals surface area contributed by atoms with E-state index in [0.29, 0.717) is 18.1 Å². The first-order chi connectivity index (χ1) is 8.58. The highest BCUT2D eigenvalue weighted by Gasteiger charge is 2.06. The minimum absolute atomic E-state index is 0.225. The van der Waals surface area contributed by atoms with Gasteiger partial charge in [0.25, 0.3) is 0 Å². The van der Waals surface area contributed by atoms with Crippen LogP contribution in [0.25, 0.3) is 0 Å². The van der Waals surface area contributed by atoms with Crippen LogP contribution < -0.4 is 10.5 Å². The summed E-state index contributed by atoms with van der Waals surface area (Å²) in [5.41, 5.74) is 7.22. The van der Waals surface area contributed by atoms with Gasteiger partial charge in [0, 0.05) is 18.2 Å². The zero-order chi connectivity index (χ0) is 13.1. The molecule has 18 heavy (non-hydrogen) atoms. The summed E-state index contributed by atoms with van der Waals surface area (Å²) in [7, 11) is 1.43. The molecule has 2 rings (SSSR count). The van der Waals surface area contributed by atoms with Gasteiger partial charge in [-0.1, -0.05) is 6.07 Å². The van der Waals surface area contributed by atoms with Gasteiger partial charge in [0.1, 0.15) is 11.6 Å². The number of halogens is 1. The van der Waals surface area contributed by atoms with Gasteiger partial charge < -0.3 is 10.5 Å². The van der Waals surface area contributed by atoms with Crippen molar-refractivity contribution in [2.45, 2.75) is 13.3 Å². The van der Waals surface area contributed by atoms with Crippen LogP contribution in [0.5, 0.6) is 5.75 Å². The van der Waals surface area contributed by atoms with Crippen molar-refractivity contribution in [3.8, 4) is 5.75 Å². The quantitative estimate of drug-likeness (QED) is 0.902. The van der Waals surface area contributed by atoms with E-state index < -0.39 is 5.82 Å². The maximum atomic E-state index is 13.5. The summed E-state index contributed by atoms with van der Waals surface area (Å²) >= 11 is 0. The van der Waals surface area contributed by atoms with Crippen molar-refractivity contribution < 1.29 is 9.13 Å². The number of hydrogen-bond acceptors (Lipinski definition) is 4. The molecule has 0 aliphatic heterocycles. The molecule has 0 amide bonds. The van der Waals surface area contributed by atoms with Gasteiger partial charge in [-0.2, -0.15) is 0 Å². The molecule has 94 valence electrons. The Balaban J connectivity index is 2.25. The van der Waals surface area contributed by atoms with Crippen LogP contribution in [0.3, 0.4) is 0 Å². The number of benzene rings is 1. The van der Waals surface area contributed by atoms with Gasteiger partial charge in [0.05, 0.1) is 7.11 Å². The zero-order valence-corrected chi connectivity index (χ0v) is 10.3. The smallest absolute Gasteiger partial charge is 0.165 e. The number of nitrogens with two attached hydrogens (primary N) is 1. The lowest BCUT2D eigenvalue weighted by Gasteiger charge is -2.06. The number of aryl methyl sites for hydroxylation is 1. The molecule has 4 nitrogen and oxygen atoms in total. The highest BCUT2D eigenvalue weighted by atomic mass is 19.1. The van der Waals surface area contributed by atoms with E-state index in [1.54, 1.807) is 18.2 Å². The molecule has 0 unspecified atom stereocenters. The number of anilines is 1. The molecule has 5 heteroatoms. The number of nitrogen functional groups attached to an aromatic ring is 1. The number of ether oxygens (including phenoxy) is 1. The third-order valence-electron chi connectivity index (χ3n) is 2.50. The minimum atomic E-state index is -0.393. The fourth-order valence-electron chi connectivity index (χ4n) is 1.74. The number of rotatable bonds is 3. The Morgan fingerprint density at radius 3 is 2.67 bits per heavy atom. The second kappa shape index (κ2) is 5.00. The maximum absolute atomic E-state index is 13.5. The van der Waals surface area contributed by atoms with Crippen molar-refractivity contribution in [1.29, 1.82) is 0 Å². The van der Waals surface area contributed by atoms with Crippen LogP contribution in [-0.4, -0.2) is 17.1 Å². The molecule has 0 bridgehead atoms. The average molecular weight is 247 g/mol. The molecule has 2 N–H and O–H groups in total. The predicted molar refractivity (Wildman–Crippen MR) is 66.9 cm³/mol. The molecule has 0 fully saturated rings. The monoisotopic (exact) mass is 247 g/mol. The van der Waals surface area contributed by atoms with Gasteiger partial charge >= 0.3 is 0 Å². The molecule has 0 saturated carbocycles. The topological polar surface area (TPSA) is 61.0 Å². The van der Waals surface area contributed by atoms with Gasteiger partial charge in [-0.3, -0.25) is 0 Å². The number of nitrogens with zero attached hydrogens (tertiary/aromatic N) is 2. The fraction of sp³-hybridized carbons (Fsp3) is 0.231. The second-order valence-corrected chi connectivity index (χ2v) is 4.00. The highest BCUT2D eigenvalue weighted by molar-refractivity contribution is 5.33. The van der Waals surface area contributed by atoms with Crippen molar-refractivity contribution in [1.82, 2.24) is 9.97 Å². The van der Waals surface area contributed by atoms with E-state index in [9.17, 15) is 4.39 Å². The molecule has 1 aromatic carbocycles. The summed E-state index contributed by atoms with van der Waals surface area (Å²) < 4.78 is 18.4. The standard InChI is InChI=1S/C13H14FN3O/c1-8-5-12(15)17-13(16-8)7-9-3-4-11(18-2)10(14)6-9/h3-6H,7H2,1-2H3,(H2,15,16,17). The van der Waals surface area contributed by atoms with E-state index in [-0.39, 0.29) is 5.75 Å². The van der Waals surface area contributed by atoms with Crippen molar-refractivity contribution in [2.75, 3.05) is 12.8 Å². The van der Waals surface area contributed by atoms with Crippen LogP contribution in [0.2, 0.25) is 0 Å². The largest absolute Gasteiger partial charge is 0.494 e. The Hall–Kier alpha value is -2.17. The Bertz CT molecular complexity index is 552. The Labute approximate surface area is 105 Å². The van der Waals surface area contributed by atoms with Crippen molar-refractivity contribution in [2.24, 2.45) is 0 Å². The van der Waals surface area contributed by atoms with Crippen LogP contribution in [0, 0.1) is 12.7 Å². The molecule has 0 atom stereocenters. The van der Waals surface area contributed by atoms with E-state index in [2.05, 4.69) is 9.97 Å². The zero-order valence-electron chi connectivity index (χ0n) is 10.3. The van der Waals surface area contributed by atoms with Gasteiger partial charge in [-0.05, 0) is 24.6 Å². The minimum Gasteiger partial charge on any atom is -0.494 e.